The van der Waals surface area contributed by atoms with Gasteiger partial charge in [-0.15, -0.1) is 11.3 Å². The summed E-state index contributed by atoms with van der Waals surface area (Å²) in [7, 11) is 0. The normalized spacial score (nSPS) is 23.2. The van der Waals surface area contributed by atoms with Gasteiger partial charge in [-0.25, -0.2) is 4.98 Å². The summed E-state index contributed by atoms with van der Waals surface area (Å²) in [6, 6.07) is 0. The van der Waals surface area contributed by atoms with Gasteiger partial charge in [-0.2, -0.15) is 0 Å². The molecule has 0 saturated carbocycles. The van der Waals surface area contributed by atoms with Crippen LogP contribution in [0.25, 0.3) is 0 Å². The molecular formula is C12H20N2S. The van der Waals surface area contributed by atoms with Crippen molar-refractivity contribution in [2.75, 3.05) is 19.6 Å². The highest BCUT2D eigenvalue weighted by molar-refractivity contribution is 7.11. The van der Waals surface area contributed by atoms with Crippen LogP contribution in [-0.2, 0) is 6.42 Å². The molecule has 0 spiro atoms. The van der Waals surface area contributed by atoms with Crippen molar-refractivity contribution in [3.8, 4) is 0 Å². The summed E-state index contributed by atoms with van der Waals surface area (Å²) >= 11 is 1.86. The summed E-state index contributed by atoms with van der Waals surface area (Å²) in [5, 5.41) is 1.33. The Morgan fingerprint density at radius 1 is 1.60 bits per heavy atom. The zero-order valence-electron chi connectivity index (χ0n) is 9.70. The summed E-state index contributed by atoms with van der Waals surface area (Å²) in [6.07, 6.45) is 5.94. The minimum atomic E-state index is 0.837. The van der Waals surface area contributed by atoms with Gasteiger partial charge >= 0.3 is 0 Å². The molecule has 1 aliphatic rings. The fraction of sp³-hybridized carbons (Fsp3) is 0.750. The first-order valence-corrected chi connectivity index (χ1v) is 6.73. The van der Waals surface area contributed by atoms with Crippen LogP contribution < -0.4 is 0 Å². The molecule has 2 nitrogen and oxygen atoms in total. The Kier molecular flexibility index (Phi) is 3.76. The van der Waals surface area contributed by atoms with Crippen LogP contribution in [0.3, 0.4) is 0 Å². The lowest BCUT2D eigenvalue weighted by molar-refractivity contribution is 0.182. The Balaban J connectivity index is 1.88. The molecule has 0 N–H and O–H groups in total. The summed E-state index contributed by atoms with van der Waals surface area (Å²) in [4.78, 5) is 8.37. The molecular weight excluding hydrogens is 204 g/mol. The van der Waals surface area contributed by atoms with Crippen molar-refractivity contribution < 1.29 is 0 Å². The first kappa shape index (κ1) is 11.1. The highest BCUT2D eigenvalue weighted by atomic mass is 32.1. The molecule has 1 unspecified atom stereocenters. The smallest absolute Gasteiger partial charge is 0.0930 e. The number of thiazole rings is 1. The SMILES string of the molecule is CCN1CCCC(Cc2ncc(C)s2)C1. The minimum Gasteiger partial charge on any atom is -0.303 e. The number of hydrogen-bond donors (Lipinski definition) is 0. The Hall–Kier alpha value is -0.410. The average Bonchev–Trinajstić information content (AvgIpc) is 2.64. The lowest BCUT2D eigenvalue weighted by Crippen LogP contribution is -2.35. The predicted octanol–water partition coefficient (Wildman–Crippen LogP) is 2.73. The first-order valence-electron chi connectivity index (χ1n) is 5.91. The van der Waals surface area contributed by atoms with Gasteiger partial charge in [0.1, 0.15) is 0 Å². The van der Waals surface area contributed by atoms with E-state index in [9.17, 15) is 0 Å². The average molecular weight is 224 g/mol. The highest BCUT2D eigenvalue weighted by Gasteiger charge is 2.19. The van der Waals surface area contributed by atoms with E-state index in [1.165, 1.54) is 48.8 Å². The number of aromatic nitrogens is 1. The number of nitrogens with zero attached hydrogens (tertiary/aromatic N) is 2. The van der Waals surface area contributed by atoms with Crippen LogP contribution in [0.2, 0.25) is 0 Å². The van der Waals surface area contributed by atoms with Gasteiger partial charge in [0, 0.05) is 24.0 Å². The second-order valence-electron chi connectivity index (χ2n) is 4.47. The van der Waals surface area contributed by atoms with Gasteiger partial charge in [0.2, 0.25) is 0 Å². The van der Waals surface area contributed by atoms with Crippen LogP contribution in [-0.4, -0.2) is 29.5 Å². The quantitative estimate of drug-likeness (QED) is 0.785. The number of likely N-dealkylation sites (tertiary alicyclic amines) is 1. The maximum absolute atomic E-state index is 4.46. The van der Waals surface area contributed by atoms with Gasteiger partial charge in [0.25, 0.3) is 0 Å². The van der Waals surface area contributed by atoms with E-state index in [2.05, 4.69) is 23.7 Å². The zero-order valence-corrected chi connectivity index (χ0v) is 10.5. The molecule has 1 atom stereocenters. The standard InChI is InChI=1S/C12H20N2S/c1-3-14-6-4-5-11(9-14)7-12-13-8-10(2)15-12/h8,11H,3-7,9H2,1-2H3. The van der Waals surface area contributed by atoms with Crippen LogP contribution in [0, 0.1) is 12.8 Å². The van der Waals surface area contributed by atoms with Crippen LogP contribution in [0.15, 0.2) is 6.20 Å². The molecule has 2 rings (SSSR count). The second-order valence-corrected chi connectivity index (χ2v) is 5.79. The molecule has 1 aliphatic heterocycles. The van der Waals surface area contributed by atoms with Gasteiger partial charge in [-0.05, 0) is 38.8 Å². The van der Waals surface area contributed by atoms with Gasteiger partial charge in [-0.3, -0.25) is 0 Å². The molecule has 15 heavy (non-hydrogen) atoms. The van der Waals surface area contributed by atoms with Crippen LogP contribution in [0.1, 0.15) is 29.7 Å². The highest BCUT2D eigenvalue weighted by Crippen LogP contribution is 2.22. The van der Waals surface area contributed by atoms with E-state index >= 15 is 0 Å². The number of hydrogen-bond acceptors (Lipinski definition) is 3. The molecule has 1 fully saturated rings. The summed E-state index contributed by atoms with van der Waals surface area (Å²) in [6.45, 7) is 8.17. The molecule has 1 saturated heterocycles. The molecule has 2 heterocycles. The Bertz CT molecular complexity index is 308. The van der Waals surface area contributed by atoms with Crippen molar-refractivity contribution in [1.29, 1.82) is 0 Å². The second kappa shape index (κ2) is 5.08. The van der Waals surface area contributed by atoms with Crippen molar-refractivity contribution in [1.82, 2.24) is 9.88 Å². The maximum Gasteiger partial charge on any atom is 0.0930 e. The molecule has 0 aliphatic carbocycles. The largest absolute Gasteiger partial charge is 0.303 e. The van der Waals surface area contributed by atoms with E-state index in [4.69, 9.17) is 0 Å². The third-order valence-corrected chi connectivity index (χ3v) is 4.12. The maximum atomic E-state index is 4.46. The Labute approximate surface area is 96.3 Å². The molecule has 0 aromatic carbocycles. The van der Waals surface area contributed by atoms with Crippen molar-refractivity contribution in [2.24, 2.45) is 5.92 Å². The van der Waals surface area contributed by atoms with E-state index in [1.807, 2.05) is 17.5 Å². The summed E-state index contributed by atoms with van der Waals surface area (Å²) < 4.78 is 0. The number of aryl methyl sites for hydroxylation is 1. The van der Waals surface area contributed by atoms with Crippen LogP contribution in [0.4, 0.5) is 0 Å². The van der Waals surface area contributed by atoms with Crippen molar-refractivity contribution in [3.05, 3.63) is 16.1 Å². The van der Waals surface area contributed by atoms with Crippen molar-refractivity contribution in [3.63, 3.8) is 0 Å². The van der Waals surface area contributed by atoms with E-state index < -0.39 is 0 Å². The van der Waals surface area contributed by atoms with E-state index in [-0.39, 0.29) is 0 Å². The molecule has 0 amide bonds. The molecule has 0 bridgehead atoms. The molecule has 1 aromatic heterocycles. The van der Waals surface area contributed by atoms with Gasteiger partial charge < -0.3 is 4.90 Å². The topological polar surface area (TPSA) is 16.1 Å². The van der Waals surface area contributed by atoms with Crippen LogP contribution in [0.5, 0.6) is 0 Å². The fourth-order valence-corrected chi connectivity index (χ4v) is 3.25. The zero-order chi connectivity index (χ0) is 10.7. The van der Waals surface area contributed by atoms with E-state index in [0.717, 1.165) is 5.92 Å². The van der Waals surface area contributed by atoms with Crippen molar-refractivity contribution >= 4 is 11.3 Å². The third-order valence-electron chi connectivity index (χ3n) is 3.18. The Morgan fingerprint density at radius 2 is 2.47 bits per heavy atom. The molecule has 3 heteroatoms. The summed E-state index contributed by atoms with van der Waals surface area (Å²) in [5.74, 6) is 0.837. The lowest BCUT2D eigenvalue weighted by Gasteiger charge is -2.31. The lowest BCUT2D eigenvalue weighted by atomic mass is 9.95. The molecule has 84 valence electrons. The number of rotatable bonds is 3. The molecule has 1 aromatic rings. The first-order chi connectivity index (χ1) is 7.28. The van der Waals surface area contributed by atoms with Crippen LogP contribution >= 0.6 is 11.3 Å². The summed E-state index contributed by atoms with van der Waals surface area (Å²) in [5.41, 5.74) is 0. The van der Waals surface area contributed by atoms with Gasteiger partial charge in [-0.1, -0.05) is 6.92 Å². The predicted molar refractivity (Wildman–Crippen MR) is 65.4 cm³/mol. The monoisotopic (exact) mass is 224 g/mol. The minimum absolute atomic E-state index is 0.837. The van der Waals surface area contributed by atoms with Crippen molar-refractivity contribution in [2.45, 2.75) is 33.1 Å². The Morgan fingerprint density at radius 3 is 3.13 bits per heavy atom. The number of piperidine rings is 1. The van der Waals surface area contributed by atoms with E-state index in [0.29, 0.717) is 0 Å². The van der Waals surface area contributed by atoms with E-state index in [1.54, 1.807) is 0 Å². The molecule has 0 radical (unpaired) electrons. The van der Waals surface area contributed by atoms with Gasteiger partial charge in [0.05, 0.1) is 5.01 Å². The fourth-order valence-electron chi connectivity index (χ4n) is 2.35. The third kappa shape index (κ3) is 3.02. The van der Waals surface area contributed by atoms with Gasteiger partial charge in [0.15, 0.2) is 0 Å².